The topological polar surface area (TPSA) is 60.5 Å². The number of nitrogens with one attached hydrogen (secondary N) is 2. The zero-order chi connectivity index (χ0) is 23.4. The van der Waals surface area contributed by atoms with Crippen molar-refractivity contribution < 1.29 is 23.0 Å². The molecule has 33 heavy (non-hydrogen) atoms. The number of rotatable bonds is 9. The summed E-state index contributed by atoms with van der Waals surface area (Å²) in [5.74, 6) is 1.12. The minimum absolute atomic E-state index is 0.0818. The third-order valence-electron chi connectivity index (χ3n) is 6.23. The molecule has 1 atom stereocenters. The summed E-state index contributed by atoms with van der Waals surface area (Å²) in [6, 6.07) is 12.0. The van der Waals surface area contributed by atoms with Crippen LogP contribution in [-0.2, 0) is 0 Å². The molecule has 1 saturated heterocycles. The summed E-state index contributed by atoms with van der Waals surface area (Å²) in [4.78, 5) is 5.27. The molecule has 2 aromatic carbocycles. The predicted octanol–water partition coefficient (Wildman–Crippen LogP) is 5.08. The molecule has 0 amide bonds. The fraction of sp³-hybridized carbons (Fsp3) is 0.500. The lowest BCUT2D eigenvalue weighted by Gasteiger charge is -2.32. The molecular weight excluding hydrogens is 499 g/mol. The molecule has 5 nitrogen and oxygen atoms in total. The van der Waals surface area contributed by atoms with Crippen molar-refractivity contribution in [1.82, 2.24) is 15.2 Å². The number of benzene rings is 2. The number of likely N-dealkylation sites (tertiary alicyclic amines) is 1. The third kappa shape index (κ3) is 6.41. The number of hydrogen-bond donors (Lipinski definition) is 3. The van der Waals surface area contributed by atoms with Crippen LogP contribution in [-0.4, -0.2) is 66.6 Å². The summed E-state index contributed by atoms with van der Waals surface area (Å²) in [5, 5.41) is 15.8. The Hall–Kier alpha value is -1.81. The van der Waals surface area contributed by atoms with E-state index in [4.69, 9.17) is 4.74 Å². The maximum Gasteiger partial charge on any atom is 0.390 e. The van der Waals surface area contributed by atoms with Gasteiger partial charge in [0.05, 0.1) is 21.8 Å². The van der Waals surface area contributed by atoms with Gasteiger partial charge in [-0.1, -0.05) is 18.2 Å². The number of aromatic nitrogens is 1. The number of fused-ring (bicyclic) bond motifs is 3. The van der Waals surface area contributed by atoms with Gasteiger partial charge in [0.1, 0.15) is 18.5 Å². The highest BCUT2D eigenvalue weighted by atomic mass is 79.9. The lowest BCUT2D eigenvalue weighted by atomic mass is 9.96. The van der Waals surface area contributed by atoms with Gasteiger partial charge in [-0.3, -0.25) is 0 Å². The number of halogens is 4. The van der Waals surface area contributed by atoms with Gasteiger partial charge in [0.25, 0.3) is 0 Å². The number of para-hydroxylation sites is 1. The second-order valence-electron chi connectivity index (χ2n) is 8.74. The maximum absolute atomic E-state index is 12.4. The Morgan fingerprint density at radius 1 is 1.15 bits per heavy atom. The summed E-state index contributed by atoms with van der Waals surface area (Å²) in [5.41, 5.74) is 2.01. The highest BCUT2D eigenvalue weighted by Crippen LogP contribution is 2.38. The van der Waals surface area contributed by atoms with E-state index in [1.807, 2.05) is 41.3 Å². The fourth-order valence-corrected chi connectivity index (χ4v) is 4.86. The maximum atomic E-state index is 12.4. The van der Waals surface area contributed by atoms with E-state index in [1.165, 1.54) is 0 Å². The van der Waals surface area contributed by atoms with Crippen LogP contribution in [0.5, 0.6) is 5.75 Å². The molecule has 1 aliphatic rings. The number of ether oxygens (including phenoxy) is 1. The molecular formula is C24H29BrF3N3O2. The van der Waals surface area contributed by atoms with Crippen LogP contribution in [0, 0.1) is 5.92 Å². The lowest BCUT2D eigenvalue weighted by molar-refractivity contribution is -0.138. The molecule has 0 saturated carbocycles. The number of H-pyrrole nitrogens is 1. The van der Waals surface area contributed by atoms with Crippen molar-refractivity contribution in [3.63, 3.8) is 0 Å². The van der Waals surface area contributed by atoms with Crippen molar-refractivity contribution in [1.29, 1.82) is 0 Å². The Morgan fingerprint density at radius 2 is 1.91 bits per heavy atom. The van der Waals surface area contributed by atoms with Gasteiger partial charge in [-0.2, -0.15) is 13.2 Å². The molecule has 4 rings (SSSR count). The molecule has 3 N–H and O–H groups in total. The molecule has 0 bridgehead atoms. The number of piperidine rings is 1. The zero-order valence-corrected chi connectivity index (χ0v) is 19.9. The summed E-state index contributed by atoms with van der Waals surface area (Å²) in [6.45, 7) is 2.76. The molecule has 0 radical (unpaired) electrons. The number of alkyl halides is 3. The molecule has 0 unspecified atom stereocenters. The average Bonchev–Trinajstić information content (AvgIpc) is 3.16. The number of nitrogens with zero attached hydrogens (tertiary/aromatic N) is 1. The number of aliphatic hydroxyl groups is 1. The van der Waals surface area contributed by atoms with Crippen LogP contribution >= 0.6 is 15.9 Å². The molecule has 3 aromatic rings. The second kappa shape index (κ2) is 10.6. The van der Waals surface area contributed by atoms with Crippen molar-refractivity contribution in [2.75, 3.05) is 39.3 Å². The summed E-state index contributed by atoms with van der Waals surface area (Å²) < 4.78 is 44.0. The van der Waals surface area contributed by atoms with Crippen LogP contribution in [0.1, 0.15) is 19.3 Å². The Kier molecular flexibility index (Phi) is 7.83. The van der Waals surface area contributed by atoms with Crippen molar-refractivity contribution in [2.24, 2.45) is 5.92 Å². The zero-order valence-electron chi connectivity index (χ0n) is 18.3. The third-order valence-corrected chi connectivity index (χ3v) is 6.85. The van der Waals surface area contributed by atoms with Gasteiger partial charge in [0.15, 0.2) is 0 Å². The first-order valence-corrected chi connectivity index (χ1v) is 12.1. The first kappa shape index (κ1) is 24.3. The number of aromatic amines is 1. The van der Waals surface area contributed by atoms with E-state index in [9.17, 15) is 18.3 Å². The Bertz CT molecular complexity index is 1060. The fourth-order valence-electron chi connectivity index (χ4n) is 4.42. The normalized spacial score (nSPS) is 17.1. The van der Waals surface area contributed by atoms with Crippen molar-refractivity contribution in [2.45, 2.75) is 31.5 Å². The van der Waals surface area contributed by atoms with E-state index in [0.717, 1.165) is 45.7 Å². The van der Waals surface area contributed by atoms with Crippen LogP contribution in [0.4, 0.5) is 13.2 Å². The van der Waals surface area contributed by atoms with Crippen LogP contribution in [0.2, 0.25) is 0 Å². The molecule has 180 valence electrons. The SMILES string of the molecule is O[C@@H](CNCC1CCN(CCC(F)(F)F)CC1)COc1c(Br)ccc2[nH]c3ccccc3c12. The summed E-state index contributed by atoms with van der Waals surface area (Å²) in [6.07, 6.45) is -3.78. The first-order valence-electron chi connectivity index (χ1n) is 11.3. The van der Waals surface area contributed by atoms with E-state index in [-0.39, 0.29) is 13.2 Å². The van der Waals surface area contributed by atoms with E-state index in [0.29, 0.717) is 31.3 Å². The highest BCUT2D eigenvalue weighted by molar-refractivity contribution is 9.10. The van der Waals surface area contributed by atoms with Crippen LogP contribution in [0.3, 0.4) is 0 Å². The summed E-state index contributed by atoms with van der Waals surface area (Å²) in [7, 11) is 0. The Labute approximate surface area is 199 Å². The van der Waals surface area contributed by atoms with Crippen molar-refractivity contribution in [3.05, 3.63) is 40.9 Å². The van der Waals surface area contributed by atoms with Gasteiger partial charge in [0, 0.05) is 24.0 Å². The van der Waals surface area contributed by atoms with Gasteiger partial charge in [0.2, 0.25) is 0 Å². The van der Waals surface area contributed by atoms with Gasteiger partial charge >= 0.3 is 6.18 Å². The minimum Gasteiger partial charge on any atom is -0.489 e. The Balaban J connectivity index is 1.23. The highest BCUT2D eigenvalue weighted by Gasteiger charge is 2.29. The van der Waals surface area contributed by atoms with E-state index < -0.39 is 18.7 Å². The minimum atomic E-state index is -4.09. The Morgan fingerprint density at radius 3 is 2.67 bits per heavy atom. The van der Waals surface area contributed by atoms with E-state index in [1.54, 1.807) is 0 Å². The van der Waals surface area contributed by atoms with Crippen LogP contribution in [0.15, 0.2) is 40.9 Å². The van der Waals surface area contributed by atoms with E-state index >= 15 is 0 Å². The summed E-state index contributed by atoms with van der Waals surface area (Å²) >= 11 is 3.57. The quantitative estimate of drug-likeness (QED) is 0.363. The number of hydrogen-bond acceptors (Lipinski definition) is 4. The van der Waals surface area contributed by atoms with Gasteiger partial charge in [-0.25, -0.2) is 0 Å². The molecule has 1 aliphatic heterocycles. The second-order valence-corrected chi connectivity index (χ2v) is 9.60. The van der Waals surface area contributed by atoms with Crippen molar-refractivity contribution >= 4 is 37.7 Å². The largest absolute Gasteiger partial charge is 0.489 e. The molecule has 1 aromatic heterocycles. The van der Waals surface area contributed by atoms with Gasteiger partial charge in [-0.05, 0) is 72.5 Å². The van der Waals surface area contributed by atoms with Gasteiger partial charge in [-0.15, -0.1) is 0 Å². The van der Waals surface area contributed by atoms with E-state index in [2.05, 4.69) is 26.2 Å². The van der Waals surface area contributed by atoms with Gasteiger partial charge < -0.3 is 25.0 Å². The molecule has 1 fully saturated rings. The smallest absolute Gasteiger partial charge is 0.390 e. The molecule has 0 spiro atoms. The standard InChI is InChI=1S/C24H29BrF3N3O2/c25-19-5-6-21-22(18-3-1-2-4-20(18)30-21)23(19)33-15-17(32)14-29-13-16-7-10-31(11-8-16)12-9-24(26,27)28/h1-6,16-17,29-30,32H,7-15H2/t17-/m0/s1. The van der Waals surface area contributed by atoms with Crippen molar-refractivity contribution in [3.8, 4) is 5.75 Å². The molecule has 2 heterocycles. The first-order chi connectivity index (χ1) is 15.8. The lowest BCUT2D eigenvalue weighted by Crippen LogP contribution is -2.40. The van der Waals surface area contributed by atoms with Crippen LogP contribution < -0.4 is 10.1 Å². The predicted molar refractivity (Wildman–Crippen MR) is 128 cm³/mol. The average molecular weight is 528 g/mol. The molecule has 9 heteroatoms. The monoisotopic (exact) mass is 527 g/mol. The van der Waals surface area contributed by atoms with Crippen LogP contribution in [0.25, 0.3) is 21.8 Å². The number of aliphatic hydroxyl groups excluding tert-OH is 1. The molecule has 0 aliphatic carbocycles.